The molecular formula is C29H36N2O7. The van der Waals surface area contributed by atoms with Gasteiger partial charge in [-0.15, -0.1) is 0 Å². The van der Waals surface area contributed by atoms with Crippen molar-refractivity contribution in [2.24, 2.45) is 0 Å². The Labute approximate surface area is 222 Å². The highest BCUT2D eigenvalue weighted by Crippen LogP contribution is 2.51. The van der Waals surface area contributed by atoms with Gasteiger partial charge in [0.25, 0.3) is 0 Å². The van der Waals surface area contributed by atoms with Gasteiger partial charge in [0.2, 0.25) is 11.8 Å². The molecule has 2 aliphatic rings. The number of nitrogens with one attached hydrogen (secondary N) is 1. The number of carbonyl (C=O) groups excluding carboxylic acids is 2. The van der Waals surface area contributed by atoms with E-state index in [0.29, 0.717) is 41.0 Å². The number of rotatable bonds is 11. The maximum atomic E-state index is 13.5. The van der Waals surface area contributed by atoms with Gasteiger partial charge in [0, 0.05) is 30.6 Å². The van der Waals surface area contributed by atoms with Crippen molar-refractivity contribution in [3.63, 3.8) is 0 Å². The Kier molecular flexibility index (Phi) is 9.04. The first-order valence-electron chi connectivity index (χ1n) is 13.0. The first-order chi connectivity index (χ1) is 18.4. The van der Waals surface area contributed by atoms with Gasteiger partial charge in [-0.1, -0.05) is 43.7 Å². The van der Waals surface area contributed by atoms with E-state index in [4.69, 9.17) is 9.47 Å². The third-order valence-electron chi connectivity index (χ3n) is 7.11. The second-order valence-corrected chi connectivity index (χ2v) is 9.63. The van der Waals surface area contributed by atoms with Crippen LogP contribution in [0.25, 0.3) is 0 Å². The molecule has 0 saturated carbocycles. The maximum absolute atomic E-state index is 13.5. The minimum Gasteiger partial charge on any atom is -0.493 e. The number of ether oxygens (including phenoxy) is 2. The Balaban J connectivity index is 1.80. The average molecular weight is 525 g/mol. The van der Waals surface area contributed by atoms with Crippen LogP contribution in [0.2, 0.25) is 0 Å². The number of nitrogens with zero attached hydrogens (tertiary/aromatic N) is 1. The van der Waals surface area contributed by atoms with Gasteiger partial charge in [0.1, 0.15) is 12.2 Å². The Hall–Kier alpha value is -3.40. The van der Waals surface area contributed by atoms with Crippen molar-refractivity contribution in [2.45, 2.75) is 63.5 Å². The molecule has 4 rings (SSSR count). The molecule has 0 spiro atoms. The maximum Gasteiger partial charge on any atom is 0.247 e. The molecule has 4 atom stereocenters. The number of hydrogen-bond acceptors (Lipinski definition) is 7. The van der Waals surface area contributed by atoms with E-state index in [9.17, 15) is 24.9 Å². The van der Waals surface area contributed by atoms with Gasteiger partial charge in [0.15, 0.2) is 11.5 Å². The van der Waals surface area contributed by atoms with Gasteiger partial charge >= 0.3 is 0 Å². The van der Waals surface area contributed by atoms with Crippen molar-refractivity contribution in [2.75, 3.05) is 20.3 Å². The van der Waals surface area contributed by atoms with Gasteiger partial charge in [-0.3, -0.25) is 9.59 Å². The van der Waals surface area contributed by atoms with Crippen LogP contribution in [-0.2, 0) is 22.7 Å². The van der Waals surface area contributed by atoms with Crippen LogP contribution in [-0.4, -0.2) is 70.5 Å². The number of fused-ring (bicyclic) bond motifs is 3. The van der Waals surface area contributed by atoms with Crippen molar-refractivity contribution in [1.82, 2.24) is 10.2 Å². The lowest BCUT2D eigenvalue weighted by Gasteiger charge is -2.41. The number of amides is 2. The molecule has 4 N–H and O–H groups in total. The molecule has 2 amide bonds. The lowest BCUT2D eigenvalue weighted by atomic mass is 9.77. The minimum atomic E-state index is -1.14. The number of benzene rings is 2. The van der Waals surface area contributed by atoms with Crippen LogP contribution in [0.1, 0.15) is 48.8 Å². The zero-order chi connectivity index (χ0) is 27.2. The predicted octanol–water partition coefficient (Wildman–Crippen LogP) is 2.03. The minimum absolute atomic E-state index is 0.0532. The molecule has 9 nitrogen and oxygen atoms in total. The Bertz CT molecular complexity index is 1170. The summed E-state index contributed by atoms with van der Waals surface area (Å²) in [7, 11) is 1.49. The molecule has 0 aromatic heterocycles. The van der Waals surface area contributed by atoms with E-state index in [1.807, 2.05) is 37.3 Å². The van der Waals surface area contributed by atoms with Gasteiger partial charge < -0.3 is 35.0 Å². The van der Waals surface area contributed by atoms with E-state index in [1.165, 1.54) is 7.11 Å². The van der Waals surface area contributed by atoms with Gasteiger partial charge in [0.05, 0.1) is 32.3 Å². The third kappa shape index (κ3) is 5.55. The molecule has 204 valence electrons. The van der Waals surface area contributed by atoms with E-state index in [2.05, 4.69) is 5.32 Å². The zero-order valence-electron chi connectivity index (χ0n) is 21.8. The summed E-state index contributed by atoms with van der Waals surface area (Å²) in [5.41, 5.74) is 2.43. The van der Waals surface area contributed by atoms with E-state index in [-0.39, 0.29) is 32.2 Å². The average Bonchev–Trinajstić information content (AvgIpc) is 3.34. The van der Waals surface area contributed by atoms with E-state index in [1.54, 1.807) is 23.1 Å². The zero-order valence-corrected chi connectivity index (χ0v) is 21.8. The van der Waals surface area contributed by atoms with Gasteiger partial charge in [-0.2, -0.15) is 0 Å². The first-order valence-corrected chi connectivity index (χ1v) is 13.0. The Morgan fingerprint density at radius 1 is 1.13 bits per heavy atom. The third-order valence-corrected chi connectivity index (χ3v) is 7.11. The molecule has 38 heavy (non-hydrogen) atoms. The van der Waals surface area contributed by atoms with E-state index < -0.39 is 30.1 Å². The molecule has 4 unspecified atom stereocenters. The highest BCUT2D eigenvalue weighted by molar-refractivity contribution is 5.96. The van der Waals surface area contributed by atoms with E-state index >= 15 is 0 Å². The molecular weight excluding hydrogens is 488 g/mol. The molecule has 0 radical (unpaired) electrons. The number of aliphatic hydroxyl groups is 3. The van der Waals surface area contributed by atoms with E-state index in [0.717, 1.165) is 12.0 Å². The van der Waals surface area contributed by atoms with Crippen LogP contribution in [0.5, 0.6) is 11.5 Å². The molecule has 2 aromatic carbocycles. The number of hydrogen-bond donors (Lipinski definition) is 4. The van der Waals surface area contributed by atoms with Crippen molar-refractivity contribution < 1.29 is 34.4 Å². The number of aliphatic hydroxyl groups excluding tert-OH is 3. The summed E-state index contributed by atoms with van der Waals surface area (Å²) in [6.07, 6.45) is 1.51. The van der Waals surface area contributed by atoms with Crippen LogP contribution in [0.3, 0.4) is 0 Å². The summed E-state index contributed by atoms with van der Waals surface area (Å²) in [5, 5.41) is 33.5. The molecule has 1 aliphatic heterocycles. The normalized spacial score (nSPS) is 21.6. The molecule has 9 heteroatoms. The summed E-state index contributed by atoms with van der Waals surface area (Å²) in [6, 6.07) is 12.1. The second kappa shape index (κ2) is 12.4. The van der Waals surface area contributed by atoms with Crippen LogP contribution < -0.4 is 14.8 Å². The number of unbranched alkanes of at least 4 members (excludes halogenated alkanes) is 1. The molecule has 2 aromatic rings. The summed E-state index contributed by atoms with van der Waals surface area (Å²) in [4.78, 5) is 28.5. The van der Waals surface area contributed by atoms with Crippen molar-refractivity contribution in [3.05, 3.63) is 70.8 Å². The van der Waals surface area contributed by atoms with Crippen molar-refractivity contribution in [3.8, 4) is 11.5 Å². The second-order valence-electron chi connectivity index (χ2n) is 9.63. The standard InChI is InChI=1S/C29H36N2O7/c1-3-4-10-24(34)31(16-18-8-6-5-7-9-18)22-15-21(29(36)30-11-12-32)25-20-13-19(17-33)14-23(37-2)27(20)38-28(25)26(22)35/h5-9,13-15,22,25-26,28,32-33,35H,3-4,10-12,16-17H2,1-2H3,(H,30,36). The van der Waals surface area contributed by atoms with Crippen LogP contribution in [0.15, 0.2) is 54.1 Å². The number of carbonyl (C=O) groups is 2. The van der Waals surface area contributed by atoms with Gasteiger partial charge in [-0.05, 0) is 35.8 Å². The fourth-order valence-corrected chi connectivity index (χ4v) is 5.23. The van der Waals surface area contributed by atoms with Crippen molar-refractivity contribution in [1.29, 1.82) is 0 Å². The molecule has 0 fully saturated rings. The van der Waals surface area contributed by atoms with Gasteiger partial charge in [-0.25, -0.2) is 0 Å². The molecule has 0 saturated heterocycles. The fourth-order valence-electron chi connectivity index (χ4n) is 5.23. The lowest BCUT2D eigenvalue weighted by Crippen LogP contribution is -2.55. The summed E-state index contributed by atoms with van der Waals surface area (Å²) >= 11 is 0. The fraction of sp³-hybridized carbons (Fsp3) is 0.448. The topological polar surface area (TPSA) is 129 Å². The van der Waals surface area contributed by atoms with Crippen LogP contribution in [0.4, 0.5) is 0 Å². The van der Waals surface area contributed by atoms with Crippen LogP contribution in [0, 0.1) is 0 Å². The summed E-state index contributed by atoms with van der Waals surface area (Å²) in [6.45, 7) is 1.85. The van der Waals surface area contributed by atoms with Crippen molar-refractivity contribution >= 4 is 11.8 Å². The first kappa shape index (κ1) is 27.6. The Morgan fingerprint density at radius 2 is 1.89 bits per heavy atom. The quantitative estimate of drug-likeness (QED) is 0.354. The highest BCUT2D eigenvalue weighted by Gasteiger charge is 2.51. The highest BCUT2D eigenvalue weighted by atomic mass is 16.5. The van der Waals surface area contributed by atoms with Crippen LogP contribution >= 0.6 is 0 Å². The molecule has 0 bridgehead atoms. The predicted molar refractivity (Wildman–Crippen MR) is 141 cm³/mol. The smallest absolute Gasteiger partial charge is 0.247 e. The monoisotopic (exact) mass is 524 g/mol. The number of methoxy groups -OCH3 is 1. The Morgan fingerprint density at radius 3 is 2.55 bits per heavy atom. The summed E-state index contributed by atoms with van der Waals surface area (Å²) in [5.74, 6) is -0.413. The molecule has 1 heterocycles. The lowest BCUT2D eigenvalue weighted by molar-refractivity contribution is -0.138. The SMILES string of the molecule is CCCCC(=O)N(Cc1ccccc1)C1C=C(C(=O)NCCO)C2c3cc(CO)cc(OC)c3OC2C1O. The molecule has 1 aliphatic carbocycles. The largest absolute Gasteiger partial charge is 0.493 e. The summed E-state index contributed by atoms with van der Waals surface area (Å²) < 4.78 is 11.8.